The van der Waals surface area contributed by atoms with Gasteiger partial charge in [-0.2, -0.15) is 33.0 Å². The van der Waals surface area contributed by atoms with Crippen LogP contribution in [0.15, 0.2) is 58.5 Å². The predicted octanol–water partition coefficient (Wildman–Crippen LogP) is 12.6. The molecule has 0 atom stereocenters. The number of hydrogen-bond acceptors (Lipinski definition) is 2. The Morgan fingerprint density at radius 2 is 1.31 bits per heavy atom. The van der Waals surface area contributed by atoms with Crippen molar-refractivity contribution in [2.24, 2.45) is 9.98 Å². The van der Waals surface area contributed by atoms with Gasteiger partial charge in [0.25, 0.3) is 0 Å². The number of halogens is 9. The van der Waals surface area contributed by atoms with E-state index in [1.54, 1.807) is 30.6 Å². The summed E-state index contributed by atoms with van der Waals surface area (Å²) in [7, 11) is 9.53. The van der Waals surface area contributed by atoms with Gasteiger partial charge in [0.2, 0.25) is 0 Å². The average molecular weight is 791 g/mol. The van der Waals surface area contributed by atoms with Gasteiger partial charge in [0.1, 0.15) is 5.84 Å². The molecule has 1 saturated heterocycles. The first-order valence-electron chi connectivity index (χ1n) is 15.3. The van der Waals surface area contributed by atoms with Crippen LogP contribution >= 0.6 is 31.8 Å². The normalized spacial score (nSPS) is 14.8. The van der Waals surface area contributed by atoms with Gasteiger partial charge in [-0.1, -0.05) is 63.6 Å². The molecule has 1 heterocycles. The number of nitrogens with zero attached hydrogens (tertiary/aromatic N) is 4. The molecule has 0 aromatic heterocycles. The van der Waals surface area contributed by atoms with Crippen LogP contribution in [-0.2, 0) is 25.5 Å². The maximum atomic E-state index is 13.9. The van der Waals surface area contributed by atoms with E-state index in [1.165, 1.54) is 0 Å². The van der Waals surface area contributed by atoms with Crippen LogP contribution in [0.3, 0.4) is 0 Å². The number of hydrogen-bond donors (Lipinski definition) is 0. The Balaban J connectivity index is 0.00000209. The van der Waals surface area contributed by atoms with E-state index in [1.807, 2.05) is 36.9 Å². The molecule has 0 unspecified atom stereocenters. The molecular weight excluding hydrogens is 753 g/mol. The topological polar surface area (TPSA) is 31.2 Å². The van der Waals surface area contributed by atoms with Crippen LogP contribution in [0.5, 0.6) is 0 Å². The van der Waals surface area contributed by atoms with E-state index in [4.69, 9.17) is 36.8 Å². The molecule has 0 saturated carbocycles. The summed E-state index contributed by atoms with van der Waals surface area (Å²) in [6.45, 7) is 16.3. The predicted molar refractivity (Wildman–Crippen MR) is 185 cm³/mol. The van der Waals surface area contributed by atoms with Crippen LogP contribution in [0.25, 0.3) is 0 Å². The fraction of sp³-hybridized carbons (Fsp3) is 0.400. The number of alkyl halides is 6. The molecule has 0 aliphatic carbocycles. The van der Waals surface area contributed by atoms with E-state index in [2.05, 4.69) is 32.7 Å². The van der Waals surface area contributed by atoms with Crippen LogP contribution < -0.4 is 0 Å². The van der Waals surface area contributed by atoms with Crippen molar-refractivity contribution in [2.75, 3.05) is 13.1 Å². The summed E-state index contributed by atoms with van der Waals surface area (Å²) in [5.41, 5.74) is 1.57. The van der Waals surface area contributed by atoms with E-state index in [0.717, 1.165) is 22.4 Å². The second-order valence-corrected chi connectivity index (χ2v) is 14.5. The van der Waals surface area contributed by atoms with Crippen LogP contribution in [-0.4, -0.2) is 34.6 Å². The quantitative estimate of drug-likeness (QED) is 0.0847. The van der Waals surface area contributed by atoms with Gasteiger partial charge in [0, 0.05) is 5.56 Å². The second-order valence-electron chi connectivity index (χ2n) is 12.3. The van der Waals surface area contributed by atoms with Crippen LogP contribution in [0.2, 0.25) is 5.02 Å². The average Bonchev–Trinajstić information content (AvgIpc) is 3.00. The van der Waals surface area contributed by atoms with Gasteiger partial charge in [-0.05, 0) is 98.6 Å². The Labute approximate surface area is 304 Å². The summed E-state index contributed by atoms with van der Waals surface area (Å²) in [5.74, 6) is 0.950. The number of para-hydroxylation sites is 1. The van der Waals surface area contributed by atoms with Gasteiger partial charge in [0.15, 0.2) is 0 Å². The van der Waals surface area contributed by atoms with Crippen molar-refractivity contribution < 1.29 is 39.5 Å². The number of amidine groups is 2. The van der Waals surface area contributed by atoms with Crippen LogP contribution in [0.1, 0.15) is 91.8 Å². The monoisotopic (exact) mass is 789 g/mol. The van der Waals surface area contributed by atoms with Crippen molar-refractivity contribution in [3.05, 3.63) is 99.2 Å². The Morgan fingerprint density at radius 3 is 1.78 bits per heavy atom. The standard InChI is InChI=1S/C35H38ClF6N4.2ClH.Fe/c1-20(2)28-10-8-11-29(21(3)4)32(28)43-24(7)45-12-9-13-46(19-45)33(44-31-23(6)14-22(5)15-30(31)36)25-16-26(34(37,38)39)18-27(17-25)35(40,41)42;;;/h8,10-11,14-21H,9,12-13H2,1-7H3;2*1H;/q-1;;;+3/p-2. The van der Waals surface area contributed by atoms with Crippen LogP contribution in [0.4, 0.5) is 37.7 Å². The van der Waals surface area contributed by atoms with Crippen molar-refractivity contribution in [1.29, 1.82) is 0 Å². The summed E-state index contributed by atoms with van der Waals surface area (Å²) in [4.78, 5) is 13.1. The Bertz CT molecular complexity index is 1590. The SMILES string of the molecule is CC(=Nc1c(C(C)C)cccc1C(C)C)N1[CH-]N(C(=Nc2c(C)cc(C)cc2Cl)c2cc(C(F)(F)F)cc(C(F)(F)F)c2)CCC1.[Cl][Fe+][Cl]. The molecule has 4 nitrogen and oxygen atoms in total. The number of benzene rings is 3. The third-order valence-electron chi connectivity index (χ3n) is 7.84. The van der Waals surface area contributed by atoms with E-state index >= 15 is 0 Å². The van der Waals surface area contributed by atoms with E-state index in [-0.39, 0.29) is 53.1 Å². The Kier molecular flexibility index (Phi) is 14.4. The van der Waals surface area contributed by atoms with Crippen molar-refractivity contribution in [3.63, 3.8) is 0 Å². The first kappa shape index (κ1) is 41.0. The van der Waals surface area contributed by atoms with Gasteiger partial charge in [-0.15, -0.1) is 0 Å². The van der Waals surface area contributed by atoms with Gasteiger partial charge in [0.05, 0.1) is 33.4 Å². The molecule has 0 N–H and O–H groups in total. The molecular formula is C35H38Cl3F6FeN4. The van der Waals surface area contributed by atoms with Crippen molar-refractivity contribution in [3.8, 4) is 0 Å². The molecule has 3 aromatic rings. The molecule has 0 amide bonds. The Morgan fingerprint density at radius 1 is 0.796 bits per heavy atom. The zero-order valence-electron chi connectivity index (χ0n) is 28.0. The molecule has 0 bridgehead atoms. The van der Waals surface area contributed by atoms with E-state index < -0.39 is 23.5 Å². The molecule has 49 heavy (non-hydrogen) atoms. The van der Waals surface area contributed by atoms with Crippen LogP contribution in [0, 0.1) is 20.5 Å². The zero-order chi connectivity index (χ0) is 36.8. The summed E-state index contributed by atoms with van der Waals surface area (Å²) < 4.78 is 83.5. The van der Waals surface area contributed by atoms with Crippen molar-refractivity contribution in [2.45, 2.75) is 79.1 Å². The van der Waals surface area contributed by atoms with Gasteiger partial charge >= 0.3 is 45.7 Å². The fourth-order valence-corrected chi connectivity index (χ4v) is 5.87. The molecule has 3 aromatic carbocycles. The summed E-state index contributed by atoms with van der Waals surface area (Å²) in [6, 6.07) is 11.1. The molecule has 1 fully saturated rings. The number of aliphatic imine (C=N–C) groups is 2. The fourth-order valence-electron chi connectivity index (χ4n) is 5.50. The van der Waals surface area contributed by atoms with Gasteiger partial charge in [-0.3, -0.25) is 0 Å². The van der Waals surface area contributed by atoms with E-state index in [0.29, 0.717) is 43.0 Å². The molecule has 1 aliphatic rings. The third-order valence-corrected chi connectivity index (χ3v) is 8.13. The number of aryl methyl sites for hydroxylation is 2. The second kappa shape index (κ2) is 17.2. The molecule has 1 aliphatic heterocycles. The number of rotatable bonds is 5. The summed E-state index contributed by atoms with van der Waals surface area (Å²) >= 11 is 6.73. The van der Waals surface area contributed by atoms with Gasteiger partial charge in [-0.25, -0.2) is 9.98 Å². The summed E-state index contributed by atoms with van der Waals surface area (Å²) in [6.07, 6.45) is -9.49. The zero-order valence-corrected chi connectivity index (χ0v) is 31.4. The minimum absolute atomic E-state index is 0.0894. The molecule has 14 heteroatoms. The molecule has 269 valence electrons. The maximum absolute atomic E-state index is 13.9. The van der Waals surface area contributed by atoms with E-state index in [9.17, 15) is 26.3 Å². The molecule has 0 spiro atoms. The first-order chi connectivity index (χ1) is 22.8. The van der Waals surface area contributed by atoms with Crippen molar-refractivity contribution >= 4 is 54.8 Å². The van der Waals surface area contributed by atoms with Crippen molar-refractivity contribution in [1.82, 2.24) is 9.80 Å². The first-order valence-corrected chi connectivity index (χ1v) is 18.8. The summed E-state index contributed by atoms with van der Waals surface area (Å²) in [5, 5.41) is 0.233. The minimum atomic E-state index is -5.02. The molecule has 4 rings (SSSR count). The third kappa shape index (κ3) is 10.8. The Hall–Kier alpha value is -2.43. The van der Waals surface area contributed by atoms with Gasteiger partial charge < -0.3 is 9.80 Å². The molecule has 0 radical (unpaired) electrons.